The standard InChI is InChI=1S/C26H32N2O4/c1-18-4-9-24-21(15-18)22(29)16-26(32-24)10-13-27(14-11-26)17-23(30)19-5-7-20(8-6-19)28-12-2-3-25(28)31/h4-9,15,22-23,29-30H,2-3,10-14,16-17H2,1H3/t22-,23-/m1/s1. The topological polar surface area (TPSA) is 73.2 Å². The maximum absolute atomic E-state index is 11.9. The molecule has 1 amide bonds. The summed E-state index contributed by atoms with van der Waals surface area (Å²) in [6.45, 7) is 5.02. The molecule has 2 atom stereocenters. The molecular weight excluding hydrogens is 404 g/mol. The Kier molecular flexibility index (Phi) is 5.70. The van der Waals surface area contributed by atoms with Gasteiger partial charge in [-0.25, -0.2) is 0 Å². The number of aliphatic hydroxyl groups is 2. The number of likely N-dealkylation sites (tertiary alicyclic amines) is 1. The third-order valence-electron chi connectivity index (χ3n) is 7.28. The van der Waals surface area contributed by atoms with Crippen molar-refractivity contribution in [2.75, 3.05) is 31.1 Å². The lowest BCUT2D eigenvalue weighted by Crippen LogP contribution is -2.51. The van der Waals surface area contributed by atoms with E-state index in [1.165, 1.54) is 0 Å². The van der Waals surface area contributed by atoms with Crippen LogP contribution in [0.1, 0.15) is 61.0 Å². The van der Waals surface area contributed by atoms with E-state index < -0.39 is 12.2 Å². The SMILES string of the molecule is Cc1ccc2c(c1)[C@H](O)CC1(CCN(C[C@@H](O)c3ccc(N4CCCC4=O)cc3)CC1)O2. The van der Waals surface area contributed by atoms with Gasteiger partial charge in [0.25, 0.3) is 0 Å². The first kappa shape index (κ1) is 21.4. The number of carbonyl (C=O) groups excluding carboxylic acids is 1. The van der Waals surface area contributed by atoms with Gasteiger partial charge >= 0.3 is 0 Å². The fraction of sp³-hybridized carbons (Fsp3) is 0.500. The summed E-state index contributed by atoms with van der Waals surface area (Å²) >= 11 is 0. The van der Waals surface area contributed by atoms with Gasteiger partial charge in [0.15, 0.2) is 0 Å². The van der Waals surface area contributed by atoms with Crippen LogP contribution in [0.2, 0.25) is 0 Å². The second kappa shape index (κ2) is 8.50. The van der Waals surface area contributed by atoms with Crippen LogP contribution in [-0.4, -0.2) is 52.8 Å². The van der Waals surface area contributed by atoms with Gasteiger partial charge in [-0.2, -0.15) is 0 Å². The third-order valence-corrected chi connectivity index (χ3v) is 7.28. The van der Waals surface area contributed by atoms with Gasteiger partial charge in [0.05, 0.1) is 12.2 Å². The quantitative estimate of drug-likeness (QED) is 0.767. The normalized spacial score (nSPS) is 23.8. The van der Waals surface area contributed by atoms with Crippen LogP contribution in [0.3, 0.4) is 0 Å². The van der Waals surface area contributed by atoms with E-state index in [4.69, 9.17) is 4.74 Å². The highest BCUT2D eigenvalue weighted by Gasteiger charge is 2.43. The molecule has 5 rings (SSSR count). The minimum Gasteiger partial charge on any atom is -0.487 e. The summed E-state index contributed by atoms with van der Waals surface area (Å²) < 4.78 is 6.41. The van der Waals surface area contributed by atoms with Crippen molar-refractivity contribution in [2.24, 2.45) is 0 Å². The van der Waals surface area contributed by atoms with Gasteiger partial charge in [-0.3, -0.25) is 4.79 Å². The maximum atomic E-state index is 11.9. The lowest BCUT2D eigenvalue weighted by Gasteiger charge is -2.46. The molecule has 3 aliphatic rings. The van der Waals surface area contributed by atoms with E-state index >= 15 is 0 Å². The van der Waals surface area contributed by atoms with Crippen LogP contribution in [0.25, 0.3) is 0 Å². The number of piperidine rings is 1. The summed E-state index contributed by atoms with van der Waals surface area (Å²) in [5, 5.41) is 21.5. The van der Waals surface area contributed by atoms with Crippen molar-refractivity contribution in [3.05, 3.63) is 59.2 Å². The molecule has 0 unspecified atom stereocenters. The molecule has 0 radical (unpaired) electrons. The number of fused-ring (bicyclic) bond motifs is 1. The van der Waals surface area contributed by atoms with Crippen LogP contribution >= 0.6 is 0 Å². The van der Waals surface area contributed by atoms with Gasteiger partial charge in [0.1, 0.15) is 11.4 Å². The molecule has 32 heavy (non-hydrogen) atoms. The fourth-order valence-electron chi connectivity index (χ4n) is 5.36. The zero-order valence-corrected chi connectivity index (χ0v) is 18.7. The molecule has 0 bridgehead atoms. The Morgan fingerprint density at radius 1 is 1.12 bits per heavy atom. The molecule has 1 spiro atoms. The highest BCUT2D eigenvalue weighted by Crippen LogP contribution is 2.44. The number of benzene rings is 2. The predicted octanol–water partition coefficient (Wildman–Crippen LogP) is 3.51. The number of aliphatic hydroxyl groups excluding tert-OH is 2. The average molecular weight is 437 g/mol. The Hall–Kier alpha value is -2.41. The molecule has 2 aromatic carbocycles. The van der Waals surface area contributed by atoms with Crippen molar-refractivity contribution in [2.45, 2.75) is 56.8 Å². The van der Waals surface area contributed by atoms with Crippen molar-refractivity contribution >= 4 is 11.6 Å². The smallest absolute Gasteiger partial charge is 0.227 e. The first-order chi connectivity index (χ1) is 15.4. The van der Waals surface area contributed by atoms with Gasteiger partial charge in [-0.1, -0.05) is 23.8 Å². The summed E-state index contributed by atoms with van der Waals surface area (Å²) in [7, 11) is 0. The van der Waals surface area contributed by atoms with Gasteiger partial charge < -0.3 is 24.7 Å². The lowest BCUT2D eigenvalue weighted by molar-refractivity contribution is -0.117. The Balaban J connectivity index is 1.18. The molecule has 0 aromatic heterocycles. The first-order valence-corrected chi connectivity index (χ1v) is 11.7. The molecule has 6 nitrogen and oxygen atoms in total. The number of anilines is 1. The summed E-state index contributed by atoms with van der Waals surface area (Å²) in [6, 6.07) is 13.7. The largest absolute Gasteiger partial charge is 0.487 e. The molecule has 0 aliphatic carbocycles. The first-order valence-electron chi connectivity index (χ1n) is 11.7. The molecule has 3 aliphatic heterocycles. The van der Waals surface area contributed by atoms with Gasteiger partial charge in [0.2, 0.25) is 5.91 Å². The highest BCUT2D eigenvalue weighted by atomic mass is 16.5. The van der Waals surface area contributed by atoms with Crippen LogP contribution in [-0.2, 0) is 4.79 Å². The van der Waals surface area contributed by atoms with Gasteiger partial charge in [-0.05, 0) is 56.0 Å². The number of aryl methyl sites for hydroxylation is 1. The zero-order chi connectivity index (χ0) is 22.3. The van der Waals surface area contributed by atoms with Crippen LogP contribution < -0.4 is 9.64 Å². The Labute approximate surface area is 189 Å². The summed E-state index contributed by atoms with van der Waals surface area (Å²) in [6.07, 6.45) is 2.75. The van der Waals surface area contributed by atoms with E-state index in [0.717, 1.165) is 67.0 Å². The summed E-state index contributed by atoms with van der Waals surface area (Å²) in [5.41, 5.74) is 3.48. The molecular formula is C26H32N2O4. The molecule has 2 aromatic rings. The van der Waals surface area contributed by atoms with Crippen LogP contribution in [0.5, 0.6) is 5.75 Å². The van der Waals surface area contributed by atoms with Crippen molar-refractivity contribution in [3.8, 4) is 5.75 Å². The Bertz CT molecular complexity index is 982. The molecule has 2 N–H and O–H groups in total. The maximum Gasteiger partial charge on any atom is 0.227 e. The van der Waals surface area contributed by atoms with Crippen LogP contribution in [0.15, 0.2) is 42.5 Å². The second-order valence-corrected chi connectivity index (χ2v) is 9.60. The zero-order valence-electron chi connectivity index (χ0n) is 18.7. The van der Waals surface area contributed by atoms with E-state index in [1.54, 1.807) is 0 Å². The highest BCUT2D eigenvalue weighted by molar-refractivity contribution is 5.95. The number of β-amino-alcohol motifs (C(OH)–C–C–N with tert-alkyl or cyclic N) is 1. The average Bonchev–Trinajstić information content (AvgIpc) is 3.22. The lowest BCUT2D eigenvalue weighted by atomic mass is 9.81. The minimum atomic E-state index is -0.575. The molecule has 2 saturated heterocycles. The fourth-order valence-corrected chi connectivity index (χ4v) is 5.36. The Morgan fingerprint density at radius 2 is 1.88 bits per heavy atom. The van der Waals surface area contributed by atoms with Crippen molar-refractivity contribution in [1.29, 1.82) is 0 Å². The number of nitrogens with zero attached hydrogens (tertiary/aromatic N) is 2. The van der Waals surface area contributed by atoms with Crippen molar-refractivity contribution in [3.63, 3.8) is 0 Å². The monoisotopic (exact) mass is 436 g/mol. The summed E-state index contributed by atoms with van der Waals surface area (Å²) in [4.78, 5) is 16.0. The van der Waals surface area contributed by atoms with Crippen LogP contribution in [0.4, 0.5) is 5.69 Å². The molecule has 6 heteroatoms. The number of amides is 1. The number of hydrogen-bond donors (Lipinski definition) is 2. The third kappa shape index (κ3) is 4.15. The Morgan fingerprint density at radius 3 is 2.56 bits per heavy atom. The van der Waals surface area contributed by atoms with Crippen molar-refractivity contribution < 1.29 is 19.7 Å². The predicted molar refractivity (Wildman–Crippen MR) is 123 cm³/mol. The molecule has 2 fully saturated rings. The van der Waals surface area contributed by atoms with E-state index in [9.17, 15) is 15.0 Å². The number of carbonyl (C=O) groups is 1. The van der Waals surface area contributed by atoms with Gasteiger partial charge in [0, 0.05) is 50.3 Å². The van der Waals surface area contributed by atoms with Gasteiger partial charge in [-0.15, -0.1) is 0 Å². The minimum absolute atomic E-state index is 0.174. The van der Waals surface area contributed by atoms with Crippen molar-refractivity contribution in [1.82, 2.24) is 4.90 Å². The van der Waals surface area contributed by atoms with E-state index in [1.807, 2.05) is 54.3 Å². The molecule has 170 valence electrons. The van der Waals surface area contributed by atoms with Crippen LogP contribution in [0, 0.1) is 6.92 Å². The number of rotatable bonds is 4. The second-order valence-electron chi connectivity index (χ2n) is 9.60. The number of ether oxygens (including phenoxy) is 1. The van der Waals surface area contributed by atoms with E-state index in [0.29, 0.717) is 19.4 Å². The molecule has 0 saturated carbocycles. The molecule has 3 heterocycles. The van der Waals surface area contributed by atoms with E-state index in [2.05, 4.69) is 4.90 Å². The summed E-state index contributed by atoms with van der Waals surface area (Å²) in [5.74, 6) is 0.979. The number of hydrogen-bond acceptors (Lipinski definition) is 5. The van der Waals surface area contributed by atoms with E-state index in [-0.39, 0.29) is 11.5 Å².